The van der Waals surface area contributed by atoms with Gasteiger partial charge in [0.15, 0.2) is 0 Å². The maximum absolute atomic E-state index is 12.5. The molecular formula is C20H29N5O5. The number of nitrogens with two attached hydrogens (primary N) is 2. The number of carbonyl (C=O) groups excluding carboxylic acids is 2. The summed E-state index contributed by atoms with van der Waals surface area (Å²) in [6, 6.07) is 4.02. The third-order valence-corrected chi connectivity index (χ3v) is 4.84. The third-order valence-electron chi connectivity index (χ3n) is 4.84. The topological polar surface area (TPSA) is 184 Å². The lowest BCUT2D eigenvalue weighted by atomic mass is 10.0. The Balaban J connectivity index is 2.00. The van der Waals surface area contributed by atoms with Crippen LogP contribution in [0, 0.1) is 0 Å². The zero-order chi connectivity index (χ0) is 22.1. The maximum Gasteiger partial charge on any atom is 0.326 e. The number of aliphatic hydroxyl groups is 1. The van der Waals surface area contributed by atoms with Gasteiger partial charge in [0.1, 0.15) is 12.1 Å². The van der Waals surface area contributed by atoms with E-state index in [1.54, 1.807) is 6.20 Å². The van der Waals surface area contributed by atoms with Crippen molar-refractivity contribution in [3.8, 4) is 0 Å². The van der Waals surface area contributed by atoms with Crippen molar-refractivity contribution in [1.82, 2.24) is 15.6 Å². The van der Waals surface area contributed by atoms with E-state index < -0.39 is 42.5 Å². The van der Waals surface area contributed by atoms with Crippen LogP contribution in [0.4, 0.5) is 0 Å². The Morgan fingerprint density at radius 3 is 2.43 bits per heavy atom. The molecule has 1 aromatic carbocycles. The van der Waals surface area contributed by atoms with E-state index in [4.69, 9.17) is 11.5 Å². The highest BCUT2D eigenvalue weighted by Gasteiger charge is 2.28. The largest absolute Gasteiger partial charge is 0.480 e. The molecule has 2 amide bonds. The number of fused-ring (bicyclic) bond motifs is 1. The standard InChI is InChI=1S/C20H29N5O5/c21-8-4-3-6-14(22)18(27)25-17(11-26)19(28)24-16(20(29)30)9-12-10-23-15-7-2-1-5-13(12)15/h1-2,5,7,10,14,16-17,23,26H,3-4,6,8-9,11,21-22H2,(H,24,28)(H,25,27)(H,29,30). The van der Waals surface area contributed by atoms with Gasteiger partial charge in [-0.15, -0.1) is 0 Å². The minimum absolute atomic E-state index is 0.0375. The number of H-pyrrole nitrogens is 1. The second-order valence-electron chi connectivity index (χ2n) is 7.10. The number of aliphatic carboxylic acids is 1. The van der Waals surface area contributed by atoms with Crippen LogP contribution < -0.4 is 22.1 Å². The molecule has 9 N–H and O–H groups in total. The highest BCUT2D eigenvalue weighted by Crippen LogP contribution is 2.19. The fourth-order valence-electron chi connectivity index (χ4n) is 3.11. The number of para-hydroxylation sites is 1. The molecule has 3 unspecified atom stereocenters. The number of benzene rings is 1. The minimum Gasteiger partial charge on any atom is -0.480 e. The zero-order valence-corrected chi connectivity index (χ0v) is 16.6. The number of aliphatic hydroxyl groups excluding tert-OH is 1. The second kappa shape index (κ2) is 11.3. The van der Waals surface area contributed by atoms with Crippen molar-refractivity contribution in [1.29, 1.82) is 0 Å². The summed E-state index contributed by atoms with van der Waals surface area (Å²) in [5.41, 5.74) is 12.8. The molecule has 2 aromatic rings. The average Bonchev–Trinajstić information content (AvgIpc) is 3.14. The SMILES string of the molecule is NCCCCC(N)C(=O)NC(CO)C(=O)NC(Cc1c[nH]c2ccccc12)C(=O)O. The molecule has 1 heterocycles. The van der Waals surface area contributed by atoms with Crippen LogP contribution in [0.25, 0.3) is 10.9 Å². The first kappa shape index (κ1) is 23.3. The Labute approximate surface area is 174 Å². The monoisotopic (exact) mass is 419 g/mol. The van der Waals surface area contributed by atoms with Gasteiger partial charge in [0.25, 0.3) is 0 Å². The third kappa shape index (κ3) is 6.28. The van der Waals surface area contributed by atoms with Crippen LogP contribution in [0.5, 0.6) is 0 Å². The van der Waals surface area contributed by atoms with Gasteiger partial charge >= 0.3 is 5.97 Å². The van der Waals surface area contributed by atoms with E-state index in [-0.39, 0.29) is 6.42 Å². The molecule has 30 heavy (non-hydrogen) atoms. The molecule has 0 fully saturated rings. The zero-order valence-electron chi connectivity index (χ0n) is 16.6. The lowest BCUT2D eigenvalue weighted by Crippen LogP contribution is -2.56. The van der Waals surface area contributed by atoms with Crippen LogP contribution in [-0.2, 0) is 20.8 Å². The van der Waals surface area contributed by atoms with Crippen molar-refractivity contribution in [3.63, 3.8) is 0 Å². The van der Waals surface area contributed by atoms with E-state index in [1.165, 1.54) is 0 Å². The number of carboxylic acids is 1. The highest BCUT2D eigenvalue weighted by atomic mass is 16.4. The summed E-state index contributed by atoms with van der Waals surface area (Å²) in [5.74, 6) is -2.62. The van der Waals surface area contributed by atoms with E-state index in [2.05, 4.69) is 15.6 Å². The molecule has 10 heteroatoms. The lowest BCUT2D eigenvalue weighted by Gasteiger charge is -2.21. The molecule has 0 spiro atoms. The van der Waals surface area contributed by atoms with E-state index in [0.29, 0.717) is 19.4 Å². The van der Waals surface area contributed by atoms with Crippen LogP contribution in [0.1, 0.15) is 24.8 Å². The summed E-state index contributed by atoms with van der Waals surface area (Å²) >= 11 is 0. The Kier molecular flexibility index (Phi) is 8.78. The van der Waals surface area contributed by atoms with Crippen molar-refractivity contribution in [2.45, 2.75) is 43.8 Å². The number of unbranched alkanes of at least 4 members (excludes halogenated alkanes) is 1. The Hall–Kier alpha value is -2.95. The van der Waals surface area contributed by atoms with Gasteiger partial charge in [-0.25, -0.2) is 4.79 Å². The number of rotatable bonds is 12. The van der Waals surface area contributed by atoms with E-state index in [0.717, 1.165) is 22.9 Å². The van der Waals surface area contributed by atoms with E-state index in [1.807, 2.05) is 24.3 Å². The number of carbonyl (C=O) groups is 3. The van der Waals surface area contributed by atoms with Gasteiger partial charge in [-0.1, -0.05) is 24.6 Å². The molecule has 0 bridgehead atoms. The summed E-state index contributed by atoms with van der Waals surface area (Å²) in [5, 5.41) is 24.6. The van der Waals surface area contributed by atoms with Crippen molar-refractivity contribution in [3.05, 3.63) is 36.0 Å². The number of amides is 2. The van der Waals surface area contributed by atoms with Gasteiger partial charge in [-0.3, -0.25) is 9.59 Å². The van der Waals surface area contributed by atoms with Crippen molar-refractivity contribution < 1.29 is 24.6 Å². The molecule has 2 rings (SSSR count). The molecule has 0 aliphatic rings. The van der Waals surface area contributed by atoms with Gasteiger partial charge in [0.2, 0.25) is 11.8 Å². The first-order chi connectivity index (χ1) is 14.4. The first-order valence-corrected chi connectivity index (χ1v) is 9.82. The van der Waals surface area contributed by atoms with Crippen LogP contribution in [-0.4, -0.2) is 64.3 Å². The minimum atomic E-state index is -1.30. The number of carboxylic acid groups (broad SMARTS) is 1. The predicted octanol–water partition coefficient (Wildman–Crippen LogP) is -0.787. The summed E-state index contributed by atoms with van der Waals surface area (Å²) < 4.78 is 0. The van der Waals surface area contributed by atoms with Crippen LogP contribution in [0.15, 0.2) is 30.5 Å². The quantitative estimate of drug-likeness (QED) is 0.220. The summed E-state index contributed by atoms with van der Waals surface area (Å²) in [7, 11) is 0. The number of aromatic nitrogens is 1. The number of nitrogens with one attached hydrogen (secondary N) is 3. The number of hydrogen-bond donors (Lipinski definition) is 7. The molecule has 0 aliphatic heterocycles. The molecule has 0 saturated heterocycles. The van der Waals surface area contributed by atoms with Crippen molar-refractivity contribution in [2.75, 3.05) is 13.2 Å². The summed E-state index contributed by atoms with van der Waals surface area (Å²) in [6.45, 7) is -0.199. The normalized spacial score (nSPS) is 14.1. The smallest absolute Gasteiger partial charge is 0.326 e. The Bertz CT molecular complexity index is 868. The van der Waals surface area contributed by atoms with Crippen LogP contribution in [0.3, 0.4) is 0 Å². The average molecular weight is 419 g/mol. The highest BCUT2D eigenvalue weighted by molar-refractivity contribution is 5.92. The molecule has 0 saturated carbocycles. The number of hydrogen-bond acceptors (Lipinski definition) is 6. The second-order valence-corrected chi connectivity index (χ2v) is 7.10. The van der Waals surface area contributed by atoms with Gasteiger partial charge in [-0.2, -0.15) is 0 Å². The molecular weight excluding hydrogens is 390 g/mol. The molecule has 0 aliphatic carbocycles. The van der Waals surface area contributed by atoms with Crippen LogP contribution >= 0.6 is 0 Å². The number of aromatic amines is 1. The Morgan fingerprint density at radius 2 is 1.77 bits per heavy atom. The molecule has 1 aromatic heterocycles. The Morgan fingerprint density at radius 1 is 1.07 bits per heavy atom. The predicted molar refractivity (Wildman–Crippen MR) is 111 cm³/mol. The van der Waals surface area contributed by atoms with E-state index in [9.17, 15) is 24.6 Å². The maximum atomic E-state index is 12.5. The molecule has 0 radical (unpaired) electrons. The van der Waals surface area contributed by atoms with Crippen molar-refractivity contribution >= 4 is 28.7 Å². The van der Waals surface area contributed by atoms with Crippen LogP contribution in [0.2, 0.25) is 0 Å². The summed E-state index contributed by atoms with van der Waals surface area (Å²) in [4.78, 5) is 39.4. The molecule has 164 valence electrons. The lowest BCUT2D eigenvalue weighted by molar-refractivity contribution is -0.142. The molecule has 3 atom stereocenters. The van der Waals surface area contributed by atoms with E-state index >= 15 is 0 Å². The fraction of sp³-hybridized carbons (Fsp3) is 0.450. The van der Waals surface area contributed by atoms with Crippen molar-refractivity contribution in [2.24, 2.45) is 11.5 Å². The molecule has 10 nitrogen and oxygen atoms in total. The first-order valence-electron chi connectivity index (χ1n) is 9.82. The fourth-order valence-corrected chi connectivity index (χ4v) is 3.11. The van der Waals surface area contributed by atoms with Gasteiger partial charge in [-0.05, 0) is 31.0 Å². The van der Waals surface area contributed by atoms with Gasteiger partial charge in [0, 0.05) is 23.5 Å². The summed E-state index contributed by atoms with van der Waals surface area (Å²) in [6.07, 6.45) is 3.50. The van der Waals surface area contributed by atoms with Gasteiger partial charge < -0.3 is 37.3 Å². The van der Waals surface area contributed by atoms with Gasteiger partial charge in [0.05, 0.1) is 12.6 Å².